The van der Waals surface area contributed by atoms with Crippen molar-refractivity contribution in [2.75, 3.05) is 6.61 Å². The van der Waals surface area contributed by atoms with Gasteiger partial charge in [0.2, 0.25) is 0 Å². The molecule has 1 rings (SSSR count). The van der Waals surface area contributed by atoms with Gasteiger partial charge >= 0.3 is 5.97 Å². The molecule has 0 aliphatic carbocycles. The zero-order valence-corrected chi connectivity index (χ0v) is 9.95. The maximum atomic E-state index is 11.4. The first-order valence-electron chi connectivity index (χ1n) is 4.95. The summed E-state index contributed by atoms with van der Waals surface area (Å²) in [6.07, 6.45) is 0.462. The first-order valence-corrected chi connectivity index (χ1v) is 5.33. The van der Waals surface area contributed by atoms with Crippen molar-refractivity contribution in [1.29, 1.82) is 5.26 Å². The normalized spacial score (nSPS) is 9.47. The minimum atomic E-state index is -0.477. The Morgan fingerprint density at radius 3 is 2.82 bits per heavy atom. The molecular formula is C12H10ClNO3. The number of nitriles is 1. The standard InChI is InChI=1S/C12H10ClNO3/c1-2-17-12(16)5-11-8(6-14)3-10(13)4-9(11)7-15/h3-4,7H,2,5H2,1H3. The van der Waals surface area contributed by atoms with Crippen molar-refractivity contribution in [1.82, 2.24) is 0 Å². The Labute approximate surface area is 104 Å². The van der Waals surface area contributed by atoms with Crippen LogP contribution in [0.2, 0.25) is 5.02 Å². The van der Waals surface area contributed by atoms with Gasteiger partial charge in [0.25, 0.3) is 0 Å². The van der Waals surface area contributed by atoms with Gasteiger partial charge in [-0.15, -0.1) is 0 Å². The maximum Gasteiger partial charge on any atom is 0.310 e. The molecule has 0 amide bonds. The molecule has 0 radical (unpaired) electrons. The summed E-state index contributed by atoms with van der Waals surface area (Å²) >= 11 is 5.75. The molecule has 0 aliphatic heterocycles. The molecule has 4 nitrogen and oxygen atoms in total. The lowest BCUT2D eigenvalue weighted by atomic mass is 9.99. The van der Waals surface area contributed by atoms with Crippen molar-refractivity contribution in [3.63, 3.8) is 0 Å². The SMILES string of the molecule is CCOC(=O)Cc1c(C#N)cc(Cl)cc1C=O. The molecular weight excluding hydrogens is 242 g/mol. The molecule has 0 spiro atoms. The summed E-state index contributed by atoms with van der Waals surface area (Å²) in [6, 6.07) is 4.75. The van der Waals surface area contributed by atoms with E-state index in [9.17, 15) is 9.59 Å². The van der Waals surface area contributed by atoms with Gasteiger partial charge in [-0.25, -0.2) is 0 Å². The molecule has 1 aromatic carbocycles. The summed E-state index contributed by atoms with van der Waals surface area (Å²) in [7, 11) is 0. The second-order valence-electron chi connectivity index (χ2n) is 3.23. The van der Waals surface area contributed by atoms with Crippen LogP contribution in [-0.4, -0.2) is 18.9 Å². The Morgan fingerprint density at radius 2 is 2.29 bits per heavy atom. The topological polar surface area (TPSA) is 67.2 Å². The number of carbonyl (C=O) groups excluding carboxylic acids is 2. The molecule has 0 saturated heterocycles. The van der Waals surface area contributed by atoms with Crippen LogP contribution in [-0.2, 0) is 16.0 Å². The Kier molecular flexibility index (Phi) is 4.68. The number of nitrogens with zero attached hydrogens (tertiary/aromatic N) is 1. The number of hydrogen-bond donors (Lipinski definition) is 0. The molecule has 0 aliphatic rings. The van der Waals surface area contributed by atoms with E-state index in [0.29, 0.717) is 11.8 Å². The summed E-state index contributed by atoms with van der Waals surface area (Å²) in [5, 5.41) is 9.22. The largest absolute Gasteiger partial charge is 0.466 e. The molecule has 0 aromatic heterocycles. The van der Waals surface area contributed by atoms with Crippen LogP contribution >= 0.6 is 11.6 Å². The van der Waals surface area contributed by atoms with Crippen LogP contribution in [0, 0.1) is 11.3 Å². The molecule has 0 bridgehead atoms. The summed E-state index contributed by atoms with van der Waals surface area (Å²) in [6.45, 7) is 1.94. The smallest absolute Gasteiger partial charge is 0.310 e. The van der Waals surface area contributed by atoms with Crippen molar-refractivity contribution in [3.8, 4) is 6.07 Å². The van der Waals surface area contributed by atoms with Gasteiger partial charge in [0, 0.05) is 10.6 Å². The predicted octanol–water partition coefficient (Wildman–Crippen LogP) is 2.13. The highest BCUT2D eigenvalue weighted by molar-refractivity contribution is 6.31. The Bertz CT molecular complexity index is 491. The third kappa shape index (κ3) is 3.30. The van der Waals surface area contributed by atoms with Gasteiger partial charge in [0.05, 0.1) is 24.7 Å². The van der Waals surface area contributed by atoms with E-state index >= 15 is 0 Å². The summed E-state index contributed by atoms with van der Waals surface area (Å²) in [4.78, 5) is 22.2. The lowest BCUT2D eigenvalue weighted by Gasteiger charge is -2.07. The van der Waals surface area contributed by atoms with E-state index in [2.05, 4.69) is 0 Å². The summed E-state index contributed by atoms with van der Waals surface area (Å²) in [5.74, 6) is -0.477. The molecule has 0 unspecified atom stereocenters. The molecule has 0 fully saturated rings. The van der Waals surface area contributed by atoms with Crippen molar-refractivity contribution < 1.29 is 14.3 Å². The fourth-order valence-electron chi connectivity index (χ4n) is 1.42. The molecule has 0 saturated carbocycles. The molecule has 17 heavy (non-hydrogen) atoms. The molecule has 0 heterocycles. The Morgan fingerprint density at radius 1 is 1.59 bits per heavy atom. The van der Waals surface area contributed by atoms with Gasteiger partial charge in [-0.1, -0.05) is 11.6 Å². The number of rotatable bonds is 4. The average molecular weight is 252 g/mol. The van der Waals surface area contributed by atoms with Crippen LogP contribution in [0.3, 0.4) is 0 Å². The maximum absolute atomic E-state index is 11.4. The van der Waals surface area contributed by atoms with E-state index in [-0.39, 0.29) is 29.2 Å². The lowest BCUT2D eigenvalue weighted by molar-refractivity contribution is -0.142. The van der Waals surface area contributed by atoms with E-state index in [0.717, 1.165) is 0 Å². The van der Waals surface area contributed by atoms with Crippen LogP contribution in [0.5, 0.6) is 0 Å². The zero-order chi connectivity index (χ0) is 12.8. The number of aldehydes is 1. The van der Waals surface area contributed by atoms with Crippen LogP contribution in [0.4, 0.5) is 0 Å². The van der Waals surface area contributed by atoms with Gasteiger partial charge in [0.15, 0.2) is 0 Å². The molecule has 5 heteroatoms. The number of esters is 1. The van der Waals surface area contributed by atoms with Crippen LogP contribution in [0.25, 0.3) is 0 Å². The van der Waals surface area contributed by atoms with Gasteiger partial charge in [-0.2, -0.15) is 5.26 Å². The highest BCUT2D eigenvalue weighted by atomic mass is 35.5. The van der Waals surface area contributed by atoms with Gasteiger partial charge in [-0.3, -0.25) is 9.59 Å². The van der Waals surface area contributed by atoms with Crippen LogP contribution in [0.1, 0.15) is 28.4 Å². The quantitative estimate of drug-likeness (QED) is 0.607. The number of halogens is 1. The van der Waals surface area contributed by atoms with Gasteiger partial charge < -0.3 is 4.74 Å². The third-order valence-electron chi connectivity index (χ3n) is 2.12. The number of carbonyl (C=O) groups is 2. The van der Waals surface area contributed by atoms with Crippen LogP contribution < -0.4 is 0 Å². The van der Waals surface area contributed by atoms with Crippen molar-refractivity contribution in [2.24, 2.45) is 0 Å². The molecule has 88 valence electrons. The lowest BCUT2D eigenvalue weighted by Crippen LogP contribution is -2.10. The second kappa shape index (κ2) is 6.02. The number of benzene rings is 1. The van der Waals surface area contributed by atoms with E-state index in [1.54, 1.807) is 6.92 Å². The molecule has 0 N–H and O–H groups in total. The summed E-state index contributed by atoms with van der Waals surface area (Å²) < 4.78 is 4.78. The monoisotopic (exact) mass is 251 g/mol. The third-order valence-corrected chi connectivity index (χ3v) is 2.34. The van der Waals surface area contributed by atoms with Crippen molar-refractivity contribution in [3.05, 3.63) is 33.8 Å². The summed E-state index contributed by atoms with van der Waals surface area (Å²) in [5.41, 5.74) is 0.806. The Balaban J connectivity index is 3.16. The van der Waals surface area contributed by atoms with E-state index < -0.39 is 5.97 Å². The van der Waals surface area contributed by atoms with E-state index in [1.165, 1.54) is 12.1 Å². The van der Waals surface area contributed by atoms with Gasteiger partial charge in [-0.05, 0) is 24.6 Å². The van der Waals surface area contributed by atoms with E-state index in [1.807, 2.05) is 6.07 Å². The minimum Gasteiger partial charge on any atom is -0.466 e. The number of hydrogen-bond acceptors (Lipinski definition) is 4. The van der Waals surface area contributed by atoms with Crippen molar-refractivity contribution >= 4 is 23.9 Å². The fraction of sp³-hybridized carbons (Fsp3) is 0.250. The molecule has 0 atom stereocenters. The Hall–Kier alpha value is -1.86. The second-order valence-corrected chi connectivity index (χ2v) is 3.67. The molecule has 1 aromatic rings. The van der Waals surface area contributed by atoms with E-state index in [4.69, 9.17) is 21.6 Å². The zero-order valence-electron chi connectivity index (χ0n) is 9.20. The number of ether oxygens (including phenoxy) is 1. The van der Waals surface area contributed by atoms with Crippen LogP contribution in [0.15, 0.2) is 12.1 Å². The first kappa shape index (κ1) is 13.2. The minimum absolute atomic E-state index is 0.109. The fourth-order valence-corrected chi connectivity index (χ4v) is 1.64. The average Bonchev–Trinajstić information content (AvgIpc) is 2.31. The van der Waals surface area contributed by atoms with Crippen molar-refractivity contribution in [2.45, 2.75) is 13.3 Å². The highest BCUT2D eigenvalue weighted by Gasteiger charge is 2.14. The first-order chi connectivity index (χ1) is 8.12. The highest BCUT2D eigenvalue weighted by Crippen LogP contribution is 2.20. The predicted molar refractivity (Wildman–Crippen MR) is 61.9 cm³/mol. The van der Waals surface area contributed by atoms with Gasteiger partial charge in [0.1, 0.15) is 6.29 Å².